The molecule has 2 rings (SSSR count). The monoisotopic (exact) mass is 287 g/mol. The van der Waals surface area contributed by atoms with E-state index >= 15 is 0 Å². The molecule has 5 nitrogen and oxygen atoms in total. The minimum atomic E-state index is -1.37. The highest BCUT2D eigenvalue weighted by atomic mass is 16.3. The van der Waals surface area contributed by atoms with Crippen molar-refractivity contribution in [3.05, 3.63) is 29.8 Å². The topological polar surface area (TPSA) is 76.4 Å². The highest BCUT2D eigenvalue weighted by Gasteiger charge is 2.29. The summed E-state index contributed by atoms with van der Waals surface area (Å²) in [7, 11) is 0. The van der Waals surface area contributed by atoms with Crippen molar-refractivity contribution < 1.29 is 9.90 Å². The van der Waals surface area contributed by atoms with Crippen molar-refractivity contribution in [2.24, 2.45) is 0 Å². The van der Waals surface area contributed by atoms with Crippen LogP contribution in [0.4, 0.5) is 5.69 Å². The lowest BCUT2D eigenvalue weighted by Gasteiger charge is -2.36. The predicted molar refractivity (Wildman–Crippen MR) is 80.8 cm³/mol. The van der Waals surface area contributed by atoms with Crippen LogP contribution in [0.3, 0.4) is 0 Å². The molecule has 1 aromatic rings. The average Bonchev–Trinajstić information content (AvgIpc) is 2.46. The van der Waals surface area contributed by atoms with E-state index in [9.17, 15) is 15.2 Å². The Morgan fingerprint density at radius 3 is 2.86 bits per heavy atom. The molecule has 0 spiro atoms. The second-order valence-electron chi connectivity index (χ2n) is 5.95. The third-order valence-electron chi connectivity index (χ3n) is 3.68. The second-order valence-corrected chi connectivity index (χ2v) is 5.95. The number of para-hydroxylation sites is 1. The molecule has 1 heterocycles. The van der Waals surface area contributed by atoms with Crippen molar-refractivity contribution in [1.82, 2.24) is 5.32 Å². The van der Waals surface area contributed by atoms with Crippen LogP contribution < -0.4 is 10.2 Å². The molecule has 1 aromatic carbocycles. The number of aliphatic hydroxyl groups is 1. The molecule has 1 amide bonds. The predicted octanol–water partition coefficient (Wildman–Crippen LogP) is 1.41. The van der Waals surface area contributed by atoms with Crippen molar-refractivity contribution in [3.63, 3.8) is 0 Å². The lowest BCUT2D eigenvalue weighted by Crippen LogP contribution is -2.52. The Bertz CT molecular complexity index is 557. The zero-order chi connectivity index (χ0) is 15.5. The van der Waals surface area contributed by atoms with Crippen LogP contribution >= 0.6 is 0 Å². The van der Waals surface area contributed by atoms with Gasteiger partial charge in [-0.1, -0.05) is 12.1 Å². The quantitative estimate of drug-likeness (QED) is 0.881. The molecule has 1 aliphatic rings. The van der Waals surface area contributed by atoms with Crippen LogP contribution in [-0.2, 0) is 4.79 Å². The van der Waals surface area contributed by atoms with Crippen LogP contribution in [0.1, 0.15) is 32.3 Å². The second kappa shape index (κ2) is 6.15. The first-order valence-corrected chi connectivity index (χ1v) is 7.19. The Hall–Kier alpha value is -2.06. The maximum atomic E-state index is 11.9. The number of piperidine rings is 1. The molecule has 0 bridgehead atoms. The normalized spacial score (nSPS) is 19.0. The zero-order valence-corrected chi connectivity index (χ0v) is 12.5. The Morgan fingerprint density at radius 2 is 2.19 bits per heavy atom. The summed E-state index contributed by atoms with van der Waals surface area (Å²) in [5, 5.41) is 21.8. The molecule has 21 heavy (non-hydrogen) atoms. The molecule has 0 aliphatic carbocycles. The molecule has 1 fully saturated rings. The number of hydrogen-bond donors (Lipinski definition) is 2. The summed E-state index contributed by atoms with van der Waals surface area (Å²) < 4.78 is 0. The van der Waals surface area contributed by atoms with Crippen molar-refractivity contribution >= 4 is 11.6 Å². The molecule has 2 N–H and O–H groups in total. The first-order valence-electron chi connectivity index (χ1n) is 7.19. The van der Waals surface area contributed by atoms with Gasteiger partial charge in [-0.15, -0.1) is 0 Å². The SMILES string of the molecule is CC(C)(O)C(=O)NC1CCCN(c2ccccc2C#N)C1. The van der Waals surface area contributed by atoms with Gasteiger partial charge in [0.1, 0.15) is 11.7 Å². The molecule has 0 radical (unpaired) electrons. The summed E-state index contributed by atoms with van der Waals surface area (Å²) in [5.74, 6) is -0.358. The highest BCUT2D eigenvalue weighted by molar-refractivity contribution is 5.84. The van der Waals surface area contributed by atoms with Gasteiger partial charge in [-0.2, -0.15) is 5.26 Å². The Balaban J connectivity index is 2.08. The number of rotatable bonds is 3. The smallest absolute Gasteiger partial charge is 0.251 e. The van der Waals surface area contributed by atoms with Crippen molar-refractivity contribution in [1.29, 1.82) is 5.26 Å². The molecular weight excluding hydrogens is 266 g/mol. The van der Waals surface area contributed by atoms with Gasteiger partial charge in [-0.05, 0) is 38.8 Å². The van der Waals surface area contributed by atoms with E-state index in [1.165, 1.54) is 13.8 Å². The number of nitriles is 1. The number of amides is 1. The lowest BCUT2D eigenvalue weighted by atomic mass is 10.0. The van der Waals surface area contributed by atoms with Gasteiger partial charge in [-0.3, -0.25) is 4.79 Å². The third kappa shape index (κ3) is 3.73. The molecule has 1 aliphatic heterocycles. The molecule has 5 heteroatoms. The van der Waals surface area contributed by atoms with Gasteiger partial charge < -0.3 is 15.3 Å². The molecule has 1 atom stereocenters. The van der Waals surface area contributed by atoms with E-state index in [-0.39, 0.29) is 11.9 Å². The fourth-order valence-corrected chi connectivity index (χ4v) is 2.52. The maximum Gasteiger partial charge on any atom is 0.251 e. The third-order valence-corrected chi connectivity index (χ3v) is 3.68. The number of nitrogens with zero attached hydrogens (tertiary/aromatic N) is 2. The van der Waals surface area contributed by atoms with Crippen LogP contribution in [0.5, 0.6) is 0 Å². The largest absolute Gasteiger partial charge is 0.381 e. The van der Waals surface area contributed by atoms with Crippen LogP contribution in [-0.4, -0.2) is 35.7 Å². The number of benzene rings is 1. The van der Waals surface area contributed by atoms with Crippen molar-refractivity contribution in [2.45, 2.75) is 38.3 Å². The van der Waals surface area contributed by atoms with Gasteiger partial charge in [0.15, 0.2) is 0 Å². The maximum absolute atomic E-state index is 11.9. The van der Waals surface area contributed by atoms with Crippen LogP contribution in [0.25, 0.3) is 0 Å². The van der Waals surface area contributed by atoms with Gasteiger partial charge in [0.05, 0.1) is 11.3 Å². The van der Waals surface area contributed by atoms with Gasteiger partial charge in [0, 0.05) is 19.1 Å². The first kappa shape index (κ1) is 15.3. The van der Waals surface area contributed by atoms with E-state index in [2.05, 4.69) is 16.3 Å². The van der Waals surface area contributed by atoms with Crippen LogP contribution in [0, 0.1) is 11.3 Å². The Labute approximate surface area is 125 Å². The number of carbonyl (C=O) groups is 1. The number of carbonyl (C=O) groups excluding carboxylic acids is 1. The average molecular weight is 287 g/mol. The molecule has 0 aromatic heterocycles. The van der Waals surface area contributed by atoms with Crippen molar-refractivity contribution in [2.75, 3.05) is 18.0 Å². The number of hydrogen-bond acceptors (Lipinski definition) is 4. The Morgan fingerprint density at radius 1 is 1.48 bits per heavy atom. The molecule has 112 valence electrons. The van der Waals surface area contributed by atoms with Crippen molar-refractivity contribution in [3.8, 4) is 6.07 Å². The minimum Gasteiger partial charge on any atom is -0.381 e. The molecule has 1 saturated heterocycles. The fraction of sp³-hybridized carbons (Fsp3) is 0.500. The standard InChI is InChI=1S/C16H21N3O2/c1-16(2,21)15(20)18-13-7-5-9-19(11-13)14-8-4-3-6-12(14)10-17/h3-4,6,8,13,21H,5,7,9,11H2,1-2H3,(H,18,20). The highest BCUT2D eigenvalue weighted by Crippen LogP contribution is 2.23. The van der Waals surface area contributed by atoms with Gasteiger partial charge in [-0.25, -0.2) is 0 Å². The summed E-state index contributed by atoms with van der Waals surface area (Å²) in [6.45, 7) is 4.48. The van der Waals surface area contributed by atoms with Crippen LogP contribution in [0.15, 0.2) is 24.3 Å². The summed E-state index contributed by atoms with van der Waals surface area (Å²) in [4.78, 5) is 14.0. The zero-order valence-electron chi connectivity index (χ0n) is 12.5. The fourth-order valence-electron chi connectivity index (χ4n) is 2.52. The van der Waals surface area contributed by atoms with Crippen LogP contribution in [0.2, 0.25) is 0 Å². The number of anilines is 1. The summed E-state index contributed by atoms with van der Waals surface area (Å²) >= 11 is 0. The van der Waals surface area contributed by atoms with E-state index in [0.717, 1.165) is 25.1 Å². The Kier molecular flexibility index (Phi) is 4.49. The van der Waals surface area contributed by atoms with Gasteiger partial charge >= 0.3 is 0 Å². The lowest BCUT2D eigenvalue weighted by molar-refractivity contribution is -0.137. The molecule has 0 saturated carbocycles. The first-order chi connectivity index (χ1) is 9.91. The van der Waals surface area contributed by atoms with E-state index in [1.54, 1.807) is 6.07 Å². The minimum absolute atomic E-state index is 0.00979. The van der Waals surface area contributed by atoms with E-state index in [0.29, 0.717) is 12.1 Å². The summed E-state index contributed by atoms with van der Waals surface area (Å²) in [6.07, 6.45) is 1.82. The van der Waals surface area contributed by atoms with Gasteiger partial charge in [0.2, 0.25) is 0 Å². The number of nitrogens with one attached hydrogen (secondary N) is 1. The van der Waals surface area contributed by atoms with E-state index in [4.69, 9.17) is 0 Å². The van der Waals surface area contributed by atoms with Gasteiger partial charge in [0.25, 0.3) is 5.91 Å². The molecule has 1 unspecified atom stereocenters. The van der Waals surface area contributed by atoms with E-state index in [1.807, 2.05) is 18.2 Å². The summed E-state index contributed by atoms with van der Waals surface area (Å²) in [5.41, 5.74) is 0.182. The summed E-state index contributed by atoms with van der Waals surface area (Å²) in [6, 6.07) is 9.68. The molecular formula is C16H21N3O2. The van der Waals surface area contributed by atoms with E-state index < -0.39 is 5.60 Å².